The van der Waals surface area contributed by atoms with E-state index in [0.29, 0.717) is 11.3 Å². The van der Waals surface area contributed by atoms with Gasteiger partial charge in [-0.15, -0.1) is 11.8 Å². The number of hydrogen-bond acceptors (Lipinski definition) is 2. The van der Waals surface area contributed by atoms with E-state index in [1.807, 2.05) is 11.8 Å². The quantitative estimate of drug-likeness (QED) is 0.824. The summed E-state index contributed by atoms with van der Waals surface area (Å²) in [6.45, 7) is 7.66. The second-order valence-corrected chi connectivity index (χ2v) is 6.37. The molecular formula is C12H18BrNS. The van der Waals surface area contributed by atoms with Crippen LogP contribution in [0.25, 0.3) is 0 Å². The van der Waals surface area contributed by atoms with E-state index in [2.05, 4.69) is 66.3 Å². The van der Waals surface area contributed by atoms with Gasteiger partial charge in [-0.2, -0.15) is 0 Å². The molecule has 0 spiro atoms. The highest BCUT2D eigenvalue weighted by Crippen LogP contribution is 2.24. The highest BCUT2D eigenvalue weighted by molar-refractivity contribution is 9.10. The summed E-state index contributed by atoms with van der Waals surface area (Å²) >= 11 is 5.35. The fraction of sp³-hybridized carbons (Fsp3) is 0.500. The Hall–Kier alpha value is 0.01000. The molecule has 0 bridgehead atoms. The van der Waals surface area contributed by atoms with Crippen molar-refractivity contribution >= 4 is 27.7 Å². The molecular weight excluding hydrogens is 270 g/mol. The van der Waals surface area contributed by atoms with Gasteiger partial charge in [0.25, 0.3) is 0 Å². The first-order valence-corrected chi connectivity index (χ1v) is 6.91. The molecule has 1 aromatic rings. The molecule has 0 amide bonds. The summed E-state index contributed by atoms with van der Waals surface area (Å²) in [7, 11) is 0. The van der Waals surface area contributed by atoms with Gasteiger partial charge in [-0.1, -0.05) is 36.7 Å². The maximum atomic E-state index is 3.45. The lowest BCUT2D eigenvalue weighted by molar-refractivity contribution is 0.589. The van der Waals surface area contributed by atoms with Crippen molar-refractivity contribution in [3.05, 3.63) is 28.7 Å². The fourth-order valence-electron chi connectivity index (χ4n) is 1.19. The number of thioether (sulfide) groups is 1. The molecule has 0 heterocycles. The first kappa shape index (κ1) is 13.1. The molecule has 84 valence electrons. The highest BCUT2D eigenvalue weighted by atomic mass is 79.9. The van der Waals surface area contributed by atoms with Crippen LogP contribution in [0.2, 0.25) is 0 Å². The van der Waals surface area contributed by atoms with Gasteiger partial charge in [-0.3, -0.25) is 0 Å². The number of nitrogens with one attached hydrogen (secondary N) is 1. The monoisotopic (exact) mass is 287 g/mol. The molecule has 1 rings (SSSR count). The van der Waals surface area contributed by atoms with Crippen molar-refractivity contribution in [3.63, 3.8) is 0 Å². The van der Waals surface area contributed by atoms with Gasteiger partial charge in [-0.25, -0.2) is 0 Å². The lowest BCUT2D eigenvalue weighted by Gasteiger charge is -2.14. The number of hydrogen-bond donors (Lipinski definition) is 1. The van der Waals surface area contributed by atoms with Crippen LogP contribution >= 0.6 is 27.7 Å². The average molecular weight is 288 g/mol. The molecule has 0 saturated carbocycles. The Morgan fingerprint density at radius 3 is 2.33 bits per heavy atom. The summed E-state index contributed by atoms with van der Waals surface area (Å²) in [6.07, 6.45) is 0. The Morgan fingerprint density at radius 2 is 1.80 bits per heavy atom. The van der Waals surface area contributed by atoms with Crippen molar-refractivity contribution in [2.24, 2.45) is 0 Å². The predicted molar refractivity (Wildman–Crippen MR) is 72.6 cm³/mol. The van der Waals surface area contributed by atoms with Crippen molar-refractivity contribution in [2.75, 3.05) is 6.54 Å². The first-order valence-electron chi connectivity index (χ1n) is 5.23. The largest absolute Gasteiger partial charge is 0.313 e. The van der Waals surface area contributed by atoms with Crippen molar-refractivity contribution in [1.82, 2.24) is 5.32 Å². The Labute approximate surface area is 105 Å². The first-order chi connectivity index (χ1) is 7.08. The van der Waals surface area contributed by atoms with E-state index in [4.69, 9.17) is 0 Å². The number of halogens is 1. The minimum atomic E-state index is 0.568. The second kappa shape index (κ2) is 6.56. The molecule has 1 atom stereocenters. The topological polar surface area (TPSA) is 12.0 Å². The van der Waals surface area contributed by atoms with Gasteiger partial charge in [0, 0.05) is 27.2 Å². The van der Waals surface area contributed by atoms with Crippen LogP contribution in [-0.4, -0.2) is 17.8 Å². The lowest BCUT2D eigenvalue weighted by Crippen LogP contribution is -2.28. The van der Waals surface area contributed by atoms with Gasteiger partial charge in [-0.05, 0) is 24.3 Å². The molecule has 1 aromatic carbocycles. The van der Waals surface area contributed by atoms with Gasteiger partial charge >= 0.3 is 0 Å². The SMILES string of the molecule is CC(C)NCC(C)Sc1ccc(Br)cc1. The highest BCUT2D eigenvalue weighted by Gasteiger charge is 2.04. The standard InChI is InChI=1S/C12H18BrNS/c1-9(2)14-8-10(3)15-12-6-4-11(13)5-7-12/h4-7,9-10,14H,8H2,1-3H3. The Kier molecular flexibility index (Phi) is 5.72. The van der Waals surface area contributed by atoms with Crippen LogP contribution in [0.5, 0.6) is 0 Å². The molecule has 0 fully saturated rings. The normalized spacial score (nSPS) is 13.1. The van der Waals surface area contributed by atoms with Crippen molar-refractivity contribution in [3.8, 4) is 0 Å². The molecule has 15 heavy (non-hydrogen) atoms. The zero-order chi connectivity index (χ0) is 11.3. The Bertz CT molecular complexity index is 284. The van der Waals surface area contributed by atoms with Gasteiger partial charge in [0.2, 0.25) is 0 Å². The summed E-state index contributed by atoms with van der Waals surface area (Å²) in [6, 6.07) is 9.05. The van der Waals surface area contributed by atoms with Crippen LogP contribution in [0, 0.1) is 0 Å². The molecule has 3 heteroatoms. The van der Waals surface area contributed by atoms with Crippen LogP contribution in [0.1, 0.15) is 20.8 Å². The second-order valence-electron chi connectivity index (χ2n) is 3.95. The van der Waals surface area contributed by atoms with Gasteiger partial charge < -0.3 is 5.32 Å². The third-order valence-corrected chi connectivity index (χ3v) is 3.61. The van der Waals surface area contributed by atoms with Crippen LogP contribution < -0.4 is 5.32 Å². The maximum absolute atomic E-state index is 3.45. The summed E-state index contributed by atoms with van der Waals surface area (Å²) in [5, 5.41) is 4.05. The predicted octanol–water partition coefficient (Wildman–Crippen LogP) is 3.93. The minimum absolute atomic E-state index is 0.568. The molecule has 1 nitrogen and oxygen atoms in total. The van der Waals surface area contributed by atoms with E-state index in [1.54, 1.807) is 0 Å². The Morgan fingerprint density at radius 1 is 1.20 bits per heavy atom. The van der Waals surface area contributed by atoms with Gasteiger partial charge in [0.15, 0.2) is 0 Å². The Balaban J connectivity index is 2.37. The van der Waals surface area contributed by atoms with Crippen LogP contribution in [0.15, 0.2) is 33.6 Å². The lowest BCUT2D eigenvalue weighted by atomic mass is 10.3. The summed E-state index contributed by atoms with van der Waals surface area (Å²) in [5.74, 6) is 0. The molecule has 0 aliphatic carbocycles. The summed E-state index contributed by atoms with van der Waals surface area (Å²) in [4.78, 5) is 1.33. The van der Waals surface area contributed by atoms with Gasteiger partial charge in [0.1, 0.15) is 0 Å². The van der Waals surface area contributed by atoms with Crippen molar-refractivity contribution in [1.29, 1.82) is 0 Å². The zero-order valence-electron chi connectivity index (χ0n) is 9.46. The number of benzene rings is 1. The van der Waals surface area contributed by atoms with E-state index in [-0.39, 0.29) is 0 Å². The zero-order valence-corrected chi connectivity index (χ0v) is 11.9. The molecule has 1 N–H and O–H groups in total. The van der Waals surface area contributed by atoms with E-state index in [0.717, 1.165) is 11.0 Å². The molecule has 1 unspecified atom stereocenters. The molecule has 0 saturated heterocycles. The minimum Gasteiger partial charge on any atom is -0.313 e. The maximum Gasteiger partial charge on any atom is 0.0191 e. The van der Waals surface area contributed by atoms with E-state index >= 15 is 0 Å². The van der Waals surface area contributed by atoms with Crippen molar-refractivity contribution in [2.45, 2.75) is 37.0 Å². The number of rotatable bonds is 5. The van der Waals surface area contributed by atoms with Crippen LogP contribution in [0.4, 0.5) is 0 Å². The molecule has 0 aliphatic heterocycles. The van der Waals surface area contributed by atoms with Crippen LogP contribution in [0.3, 0.4) is 0 Å². The fourth-order valence-corrected chi connectivity index (χ4v) is 2.39. The van der Waals surface area contributed by atoms with E-state index in [9.17, 15) is 0 Å². The summed E-state index contributed by atoms with van der Waals surface area (Å²) < 4.78 is 1.14. The average Bonchev–Trinajstić information content (AvgIpc) is 2.19. The van der Waals surface area contributed by atoms with E-state index < -0.39 is 0 Å². The third kappa shape index (κ3) is 5.59. The molecule has 0 radical (unpaired) electrons. The molecule has 0 aromatic heterocycles. The van der Waals surface area contributed by atoms with Gasteiger partial charge in [0.05, 0.1) is 0 Å². The molecule has 0 aliphatic rings. The summed E-state index contributed by atoms with van der Waals surface area (Å²) in [5.41, 5.74) is 0. The smallest absolute Gasteiger partial charge is 0.0191 e. The third-order valence-electron chi connectivity index (χ3n) is 1.96. The van der Waals surface area contributed by atoms with Crippen molar-refractivity contribution < 1.29 is 0 Å². The van der Waals surface area contributed by atoms with E-state index in [1.165, 1.54) is 4.90 Å². The van der Waals surface area contributed by atoms with Crippen LogP contribution in [-0.2, 0) is 0 Å².